The molecule has 0 fully saturated rings. The van der Waals surface area contributed by atoms with Crippen molar-refractivity contribution in [3.05, 3.63) is 49.7 Å². The molecule has 2 aromatic rings. The van der Waals surface area contributed by atoms with Crippen LogP contribution in [-0.4, -0.2) is 13.1 Å². The molecular formula is C14H14ClNO2. The number of benzene rings is 1. The van der Waals surface area contributed by atoms with Gasteiger partial charge in [0.2, 0.25) is 10.9 Å². The predicted octanol–water partition coefficient (Wildman–Crippen LogP) is 2.45. The average molecular weight is 264 g/mol. The van der Waals surface area contributed by atoms with Crippen molar-refractivity contribution in [1.82, 2.24) is 0 Å². The minimum Gasteiger partial charge on any atom is -0.372 e. The van der Waals surface area contributed by atoms with Crippen LogP contribution in [0.15, 0.2) is 33.9 Å². The minimum absolute atomic E-state index is 0.0515. The van der Waals surface area contributed by atoms with E-state index in [9.17, 15) is 9.59 Å². The molecule has 3 nitrogen and oxygen atoms in total. The van der Waals surface area contributed by atoms with Gasteiger partial charge in [-0.25, -0.2) is 0 Å². The average Bonchev–Trinajstić information content (AvgIpc) is 2.41. The molecule has 0 aliphatic rings. The van der Waals surface area contributed by atoms with E-state index in [1.807, 2.05) is 24.3 Å². The van der Waals surface area contributed by atoms with E-state index in [0.717, 1.165) is 18.8 Å². The summed E-state index contributed by atoms with van der Waals surface area (Å²) in [5.41, 5.74) is 1.07. The van der Waals surface area contributed by atoms with Gasteiger partial charge in [-0.15, -0.1) is 0 Å². The maximum absolute atomic E-state index is 11.4. The summed E-state index contributed by atoms with van der Waals surface area (Å²) in [6.45, 7) is 6.03. The predicted molar refractivity (Wildman–Crippen MR) is 75.4 cm³/mol. The van der Waals surface area contributed by atoms with Gasteiger partial charge < -0.3 is 4.90 Å². The van der Waals surface area contributed by atoms with Crippen molar-refractivity contribution >= 4 is 17.3 Å². The van der Waals surface area contributed by atoms with Crippen molar-refractivity contribution in [2.24, 2.45) is 0 Å². The first kappa shape index (κ1) is 12.8. The van der Waals surface area contributed by atoms with Gasteiger partial charge in [0.25, 0.3) is 0 Å². The summed E-state index contributed by atoms with van der Waals surface area (Å²) in [6, 6.07) is 7.54. The van der Waals surface area contributed by atoms with Gasteiger partial charge in [-0.05, 0) is 31.5 Å². The zero-order valence-electron chi connectivity index (χ0n) is 10.4. The van der Waals surface area contributed by atoms with Gasteiger partial charge in [-0.2, -0.15) is 0 Å². The third kappa shape index (κ3) is 1.95. The van der Waals surface area contributed by atoms with Crippen LogP contribution in [0.2, 0.25) is 5.02 Å². The van der Waals surface area contributed by atoms with Gasteiger partial charge >= 0.3 is 0 Å². The van der Waals surface area contributed by atoms with Gasteiger partial charge in [0, 0.05) is 18.8 Å². The SMILES string of the molecule is CCN(CC)c1ccc(-c2c(Cl)c(=O)c2=O)cc1. The summed E-state index contributed by atoms with van der Waals surface area (Å²) in [5.74, 6) is 0. The molecule has 4 heteroatoms. The highest BCUT2D eigenvalue weighted by Gasteiger charge is 2.20. The Hall–Kier alpha value is -1.61. The Kier molecular flexibility index (Phi) is 3.53. The lowest BCUT2D eigenvalue weighted by Gasteiger charge is -2.21. The Labute approximate surface area is 110 Å². The Balaban J connectivity index is 2.34. The molecule has 0 amide bonds. The van der Waals surface area contributed by atoms with Gasteiger partial charge in [0.1, 0.15) is 5.02 Å². The molecule has 0 spiro atoms. The molecule has 0 aliphatic heterocycles. The van der Waals surface area contributed by atoms with E-state index in [1.54, 1.807) is 0 Å². The molecule has 2 aromatic carbocycles. The minimum atomic E-state index is -0.584. The van der Waals surface area contributed by atoms with E-state index in [-0.39, 0.29) is 5.02 Å². The second-order valence-electron chi connectivity index (χ2n) is 4.07. The fraction of sp³-hybridized carbons (Fsp3) is 0.286. The molecule has 0 aliphatic carbocycles. The molecule has 0 aromatic heterocycles. The third-order valence-corrected chi connectivity index (χ3v) is 3.50. The molecule has 18 heavy (non-hydrogen) atoms. The highest BCUT2D eigenvalue weighted by atomic mass is 35.5. The number of anilines is 1. The van der Waals surface area contributed by atoms with Crippen molar-refractivity contribution in [3.63, 3.8) is 0 Å². The fourth-order valence-corrected chi connectivity index (χ4v) is 2.33. The van der Waals surface area contributed by atoms with Gasteiger partial charge in [0.15, 0.2) is 0 Å². The molecular weight excluding hydrogens is 250 g/mol. The summed E-state index contributed by atoms with van der Waals surface area (Å²) in [5, 5.41) is 0.0515. The van der Waals surface area contributed by atoms with E-state index in [0.29, 0.717) is 11.1 Å². The number of rotatable bonds is 4. The lowest BCUT2D eigenvalue weighted by atomic mass is 10.0. The maximum Gasteiger partial charge on any atom is 0.245 e. The monoisotopic (exact) mass is 263 g/mol. The Morgan fingerprint density at radius 3 is 2.00 bits per heavy atom. The largest absolute Gasteiger partial charge is 0.372 e. The van der Waals surface area contributed by atoms with Gasteiger partial charge in [-0.3, -0.25) is 9.59 Å². The zero-order valence-corrected chi connectivity index (χ0v) is 11.1. The van der Waals surface area contributed by atoms with E-state index < -0.39 is 10.9 Å². The van der Waals surface area contributed by atoms with Crippen LogP contribution in [0.25, 0.3) is 11.1 Å². The standard InChI is InChI=1S/C14H14ClNO2/c1-3-16(4-2)10-7-5-9(6-8-10)11-12(15)14(18)13(11)17/h5-8H,3-4H2,1-2H3. The topological polar surface area (TPSA) is 37.4 Å². The number of hydrogen-bond donors (Lipinski definition) is 0. The summed E-state index contributed by atoms with van der Waals surface area (Å²) in [7, 11) is 0. The van der Waals surface area contributed by atoms with E-state index in [2.05, 4.69) is 18.7 Å². The normalized spacial score (nSPS) is 10.8. The number of halogens is 1. The molecule has 0 unspecified atom stereocenters. The number of hydrogen-bond acceptors (Lipinski definition) is 3. The van der Waals surface area contributed by atoms with Crippen molar-refractivity contribution in [2.75, 3.05) is 18.0 Å². The Morgan fingerprint density at radius 2 is 1.56 bits per heavy atom. The van der Waals surface area contributed by atoms with Crippen LogP contribution in [0, 0.1) is 0 Å². The summed E-state index contributed by atoms with van der Waals surface area (Å²) in [6.07, 6.45) is 0. The van der Waals surface area contributed by atoms with Crippen LogP contribution in [0.5, 0.6) is 0 Å². The molecule has 0 radical (unpaired) electrons. The molecule has 0 bridgehead atoms. The summed E-state index contributed by atoms with van der Waals surface area (Å²) >= 11 is 5.75. The van der Waals surface area contributed by atoms with Gasteiger partial charge in [-0.1, -0.05) is 23.7 Å². The van der Waals surface area contributed by atoms with Crippen LogP contribution in [0.1, 0.15) is 13.8 Å². The molecule has 0 atom stereocenters. The molecule has 0 saturated heterocycles. The third-order valence-electron chi connectivity index (χ3n) is 3.14. The van der Waals surface area contributed by atoms with Crippen molar-refractivity contribution in [1.29, 1.82) is 0 Å². The van der Waals surface area contributed by atoms with Crippen molar-refractivity contribution in [2.45, 2.75) is 13.8 Å². The lowest BCUT2D eigenvalue weighted by Crippen LogP contribution is -2.33. The fourth-order valence-electron chi connectivity index (χ4n) is 2.05. The zero-order chi connectivity index (χ0) is 13.3. The molecule has 0 heterocycles. The lowest BCUT2D eigenvalue weighted by molar-refractivity contribution is 0.866. The van der Waals surface area contributed by atoms with Crippen LogP contribution < -0.4 is 15.8 Å². The first-order valence-corrected chi connectivity index (χ1v) is 6.32. The van der Waals surface area contributed by atoms with Crippen LogP contribution in [-0.2, 0) is 0 Å². The highest BCUT2D eigenvalue weighted by molar-refractivity contribution is 6.34. The van der Waals surface area contributed by atoms with Crippen molar-refractivity contribution in [3.8, 4) is 11.1 Å². The second kappa shape index (κ2) is 4.94. The molecule has 0 saturated carbocycles. The van der Waals surface area contributed by atoms with E-state index in [1.165, 1.54) is 0 Å². The smallest absolute Gasteiger partial charge is 0.245 e. The van der Waals surface area contributed by atoms with Crippen LogP contribution >= 0.6 is 11.6 Å². The maximum atomic E-state index is 11.4. The summed E-state index contributed by atoms with van der Waals surface area (Å²) in [4.78, 5) is 24.7. The summed E-state index contributed by atoms with van der Waals surface area (Å²) < 4.78 is 0. The molecule has 2 rings (SSSR count). The Bertz CT molecular complexity index is 620. The molecule has 0 N–H and O–H groups in total. The Morgan fingerprint density at radius 1 is 1.00 bits per heavy atom. The first-order chi connectivity index (χ1) is 8.60. The second-order valence-corrected chi connectivity index (χ2v) is 4.44. The van der Waals surface area contributed by atoms with E-state index >= 15 is 0 Å². The molecule has 94 valence electrons. The van der Waals surface area contributed by atoms with Crippen LogP contribution in [0.4, 0.5) is 5.69 Å². The van der Waals surface area contributed by atoms with Crippen LogP contribution in [0.3, 0.4) is 0 Å². The highest BCUT2D eigenvalue weighted by Crippen LogP contribution is 2.25. The van der Waals surface area contributed by atoms with Gasteiger partial charge in [0.05, 0.1) is 5.56 Å². The number of nitrogens with zero attached hydrogens (tertiary/aromatic N) is 1. The van der Waals surface area contributed by atoms with Crippen molar-refractivity contribution < 1.29 is 0 Å². The first-order valence-electron chi connectivity index (χ1n) is 5.94. The van der Waals surface area contributed by atoms with E-state index in [4.69, 9.17) is 11.6 Å². The quantitative estimate of drug-likeness (QED) is 0.795.